The molecule has 7 nitrogen and oxygen atoms in total. The van der Waals surface area contributed by atoms with E-state index in [-0.39, 0.29) is 23.5 Å². The molecule has 1 aromatic rings. The summed E-state index contributed by atoms with van der Waals surface area (Å²) in [6.07, 6.45) is 0.893. The van der Waals surface area contributed by atoms with Crippen molar-refractivity contribution >= 4 is 11.9 Å². The maximum absolute atomic E-state index is 11.8. The minimum Gasteiger partial charge on any atom is -0.477 e. The molecule has 0 aliphatic rings. The fraction of sp³-hybridized carbons (Fsp3) is 0.529. The van der Waals surface area contributed by atoms with E-state index in [2.05, 4.69) is 25.8 Å². The number of aliphatic imine (C=N–C) groups is 1. The summed E-state index contributed by atoms with van der Waals surface area (Å²) in [5, 5.41) is 9.65. The largest absolute Gasteiger partial charge is 0.477 e. The van der Waals surface area contributed by atoms with Crippen LogP contribution in [-0.2, 0) is 20.3 Å². The van der Waals surface area contributed by atoms with Crippen LogP contribution in [0.15, 0.2) is 35.3 Å². The molecule has 0 spiro atoms. The summed E-state index contributed by atoms with van der Waals surface area (Å²) in [5.41, 5.74) is 9.05. The predicted octanol–water partition coefficient (Wildman–Crippen LogP) is 2.22. The van der Waals surface area contributed by atoms with Crippen LogP contribution in [-0.4, -0.2) is 23.6 Å². The molecule has 0 aromatic heterocycles. The van der Waals surface area contributed by atoms with E-state index in [1.54, 1.807) is 30.3 Å². The van der Waals surface area contributed by atoms with Crippen molar-refractivity contribution in [3.8, 4) is 0 Å². The average molecular weight is 337 g/mol. The van der Waals surface area contributed by atoms with Crippen LogP contribution < -0.4 is 11.5 Å². The van der Waals surface area contributed by atoms with Gasteiger partial charge in [-0.2, -0.15) is 4.89 Å². The zero-order chi connectivity index (χ0) is 18.4. The molecule has 5 N–H and O–H groups in total. The summed E-state index contributed by atoms with van der Waals surface area (Å²) < 4.78 is 0. The number of guanidine groups is 1. The number of hydrogen-bond acceptors (Lipinski definition) is 4. The fourth-order valence-electron chi connectivity index (χ4n) is 2.52. The molecule has 134 valence electrons. The average Bonchev–Trinajstić information content (AvgIpc) is 2.44. The highest BCUT2D eigenvalue weighted by molar-refractivity contribution is 5.84. The minimum atomic E-state index is -2.14. The quantitative estimate of drug-likeness (QED) is 0.289. The third-order valence-electron chi connectivity index (χ3n) is 3.23. The highest BCUT2D eigenvalue weighted by Gasteiger charge is 2.44. The third kappa shape index (κ3) is 5.82. The second-order valence-electron chi connectivity index (χ2n) is 7.09. The summed E-state index contributed by atoms with van der Waals surface area (Å²) in [7, 11) is 0. The molecule has 7 heteroatoms. The molecule has 2 unspecified atom stereocenters. The Hall–Kier alpha value is -2.12. The number of benzene rings is 1. The number of carboxylic acid groups (broad SMARTS) is 1. The molecule has 0 aliphatic heterocycles. The van der Waals surface area contributed by atoms with Gasteiger partial charge in [0.2, 0.25) is 0 Å². The maximum atomic E-state index is 11.8. The highest BCUT2D eigenvalue weighted by Crippen LogP contribution is 2.30. The molecular formula is C17H27N3O4. The van der Waals surface area contributed by atoms with Crippen molar-refractivity contribution < 1.29 is 19.7 Å². The van der Waals surface area contributed by atoms with E-state index in [0.29, 0.717) is 0 Å². The molecule has 0 amide bonds. The van der Waals surface area contributed by atoms with Gasteiger partial charge < -0.3 is 16.6 Å². The Bertz CT molecular complexity index is 565. The van der Waals surface area contributed by atoms with Gasteiger partial charge in [0.05, 0.1) is 6.61 Å². The third-order valence-corrected chi connectivity index (χ3v) is 3.23. The molecule has 0 saturated carbocycles. The smallest absolute Gasteiger partial charge is 0.367 e. The number of nitrogens with two attached hydrogens (primary N) is 2. The van der Waals surface area contributed by atoms with Gasteiger partial charge in [-0.1, -0.05) is 58.0 Å². The lowest BCUT2D eigenvalue weighted by Crippen LogP contribution is -2.41. The van der Waals surface area contributed by atoms with E-state index in [4.69, 9.17) is 21.2 Å². The van der Waals surface area contributed by atoms with Crippen LogP contribution in [0.5, 0.6) is 0 Å². The normalized spacial score (nSPS) is 15.3. The van der Waals surface area contributed by atoms with Crippen LogP contribution in [0.3, 0.4) is 0 Å². The van der Waals surface area contributed by atoms with E-state index in [0.717, 1.165) is 6.42 Å². The van der Waals surface area contributed by atoms with Crippen LogP contribution in [0.2, 0.25) is 0 Å². The summed E-state index contributed by atoms with van der Waals surface area (Å²) in [6, 6.07) is 8.20. The Labute approximate surface area is 142 Å². The number of aliphatic carboxylic acids is 1. The van der Waals surface area contributed by atoms with Crippen molar-refractivity contribution in [1.82, 2.24) is 0 Å². The molecule has 2 atom stereocenters. The molecular weight excluding hydrogens is 310 g/mol. The summed E-state index contributed by atoms with van der Waals surface area (Å²) >= 11 is 0. The van der Waals surface area contributed by atoms with Gasteiger partial charge in [0.25, 0.3) is 0 Å². The van der Waals surface area contributed by atoms with E-state index in [1.165, 1.54) is 0 Å². The van der Waals surface area contributed by atoms with Gasteiger partial charge in [-0.05, 0) is 17.8 Å². The maximum Gasteiger partial charge on any atom is 0.367 e. The Kier molecular flexibility index (Phi) is 6.74. The Morgan fingerprint density at radius 2 is 1.83 bits per heavy atom. The number of hydrogen-bond donors (Lipinski definition) is 3. The van der Waals surface area contributed by atoms with E-state index >= 15 is 0 Å². The van der Waals surface area contributed by atoms with Crippen LogP contribution in [0.1, 0.15) is 39.7 Å². The molecule has 0 aliphatic carbocycles. The lowest BCUT2D eigenvalue weighted by Gasteiger charge is -2.27. The number of rotatable bonds is 8. The molecule has 24 heavy (non-hydrogen) atoms. The highest BCUT2D eigenvalue weighted by atomic mass is 17.2. The van der Waals surface area contributed by atoms with Crippen molar-refractivity contribution in [2.75, 3.05) is 6.61 Å². The number of carbonyl (C=O) groups is 1. The zero-order valence-electron chi connectivity index (χ0n) is 14.7. The first-order valence-electron chi connectivity index (χ1n) is 7.77. The van der Waals surface area contributed by atoms with Gasteiger partial charge in [-0.3, -0.25) is 0 Å². The monoisotopic (exact) mass is 337 g/mol. The topological polar surface area (TPSA) is 120 Å². The van der Waals surface area contributed by atoms with Gasteiger partial charge in [-0.25, -0.2) is 14.7 Å². The lowest BCUT2D eigenvalue weighted by molar-refractivity contribution is -0.362. The van der Waals surface area contributed by atoms with Crippen molar-refractivity contribution in [3.63, 3.8) is 0 Å². The van der Waals surface area contributed by atoms with Crippen LogP contribution in [0, 0.1) is 11.3 Å². The Morgan fingerprint density at radius 3 is 2.29 bits per heavy atom. The van der Waals surface area contributed by atoms with Crippen LogP contribution in [0.25, 0.3) is 0 Å². The van der Waals surface area contributed by atoms with Crippen molar-refractivity contribution in [2.45, 2.75) is 39.8 Å². The summed E-state index contributed by atoms with van der Waals surface area (Å²) in [6.45, 7) is 8.58. The number of nitrogens with zero attached hydrogens (tertiary/aromatic N) is 1. The van der Waals surface area contributed by atoms with E-state index in [1.807, 2.05) is 6.92 Å². The van der Waals surface area contributed by atoms with E-state index < -0.39 is 17.7 Å². The van der Waals surface area contributed by atoms with Crippen LogP contribution in [0.4, 0.5) is 0 Å². The first kappa shape index (κ1) is 19.9. The summed E-state index contributed by atoms with van der Waals surface area (Å²) in [5.74, 6) is -1.61. The SMILES string of the molecule is CC(COOC(N=C(N)N)(C(=O)O)c1ccccc1)CC(C)(C)C. The first-order chi connectivity index (χ1) is 11.1. The van der Waals surface area contributed by atoms with Crippen molar-refractivity contribution in [3.05, 3.63) is 35.9 Å². The second-order valence-corrected chi connectivity index (χ2v) is 7.09. The molecule has 1 aromatic carbocycles. The van der Waals surface area contributed by atoms with Gasteiger partial charge in [0, 0.05) is 5.56 Å². The molecule has 0 saturated heterocycles. The Balaban J connectivity index is 2.95. The summed E-state index contributed by atoms with van der Waals surface area (Å²) in [4.78, 5) is 26.1. The zero-order valence-corrected chi connectivity index (χ0v) is 14.7. The standard InChI is InChI=1S/C17H27N3O4/c1-12(10-16(2,3)4)11-23-24-17(14(21)22,20-15(18)19)13-8-6-5-7-9-13/h5-9,12H,10-11H2,1-4H3,(H,21,22)(H4,18,19,20). The Morgan fingerprint density at radius 1 is 1.25 bits per heavy atom. The molecule has 0 bridgehead atoms. The predicted molar refractivity (Wildman–Crippen MR) is 91.8 cm³/mol. The molecule has 1 rings (SSSR count). The lowest BCUT2D eigenvalue weighted by atomic mass is 9.86. The second kappa shape index (κ2) is 8.12. The van der Waals surface area contributed by atoms with Gasteiger partial charge in [0.1, 0.15) is 0 Å². The van der Waals surface area contributed by atoms with Crippen molar-refractivity contribution in [2.24, 2.45) is 27.8 Å². The number of carboxylic acids is 1. The van der Waals surface area contributed by atoms with Gasteiger partial charge >= 0.3 is 11.7 Å². The fourth-order valence-corrected chi connectivity index (χ4v) is 2.52. The van der Waals surface area contributed by atoms with E-state index in [9.17, 15) is 9.90 Å². The van der Waals surface area contributed by atoms with Gasteiger partial charge in [0.15, 0.2) is 5.96 Å². The first-order valence-corrected chi connectivity index (χ1v) is 7.77. The van der Waals surface area contributed by atoms with Gasteiger partial charge in [-0.15, -0.1) is 0 Å². The van der Waals surface area contributed by atoms with Crippen molar-refractivity contribution in [1.29, 1.82) is 0 Å². The molecule has 0 fully saturated rings. The van der Waals surface area contributed by atoms with Crippen LogP contribution >= 0.6 is 0 Å². The molecule has 0 radical (unpaired) electrons. The minimum absolute atomic E-state index is 0.131. The molecule has 0 heterocycles.